The Morgan fingerprint density at radius 3 is 1.87 bits per heavy atom. The molecule has 18 nitrogen and oxygen atoms in total. The number of ketones is 1. The number of fused-ring (bicyclic) bond motifs is 1. The smallest absolute Gasteiger partial charge is 0.335 e. The zero-order valence-electron chi connectivity index (χ0n) is 23.6. The summed E-state index contributed by atoms with van der Waals surface area (Å²) in [6.45, 7) is 0. The Morgan fingerprint density at radius 1 is 0.761 bits per heavy atom. The van der Waals surface area contributed by atoms with Crippen LogP contribution in [0.4, 0.5) is 0 Å². The number of Topliss-reactive ketones (excluding diaryl/α,β-unsaturated/α-hetero) is 1. The van der Waals surface area contributed by atoms with Gasteiger partial charge in [0.15, 0.2) is 29.5 Å². The highest BCUT2D eigenvalue weighted by Crippen LogP contribution is 2.44. The first kappa shape index (κ1) is 33.1. The molecule has 5 rings (SSSR count). The average molecular weight is 655 g/mol. The number of benzene rings is 2. The Kier molecular flexibility index (Phi) is 9.25. The van der Waals surface area contributed by atoms with Crippen LogP contribution in [-0.2, 0) is 19.1 Å². The Bertz CT molecular complexity index is 1500. The molecule has 250 valence electrons. The molecule has 9 N–H and O–H groups in total. The maximum absolute atomic E-state index is 13.1. The molecule has 3 aliphatic heterocycles. The van der Waals surface area contributed by atoms with Crippen LogP contribution in [0.1, 0.15) is 28.4 Å². The third-order valence-electron chi connectivity index (χ3n) is 7.65. The van der Waals surface area contributed by atoms with Crippen molar-refractivity contribution in [3.05, 3.63) is 41.5 Å². The highest BCUT2D eigenvalue weighted by molar-refractivity contribution is 6.02. The highest BCUT2D eigenvalue weighted by Gasteiger charge is 2.49. The van der Waals surface area contributed by atoms with Gasteiger partial charge in [0.1, 0.15) is 65.5 Å². The quantitative estimate of drug-likeness (QED) is 0.144. The summed E-state index contributed by atoms with van der Waals surface area (Å²) in [7, 11) is 1.28. The molecular formula is C28H30O18. The Balaban J connectivity index is 1.39. The molecule has 46 heavy (non-hydrogen) atoms. The number of aliphatic hydroxyl groups excluding tert-OH is 6. The first-order valence-electron chi connectivity index (χ1n) is 13.6. The molecule has 3 aliphatic rings. The molecule has 2 aromatic rings. The minimum Gasteiger partial charge on any atom is -0.507 e. The summed E-state index contributed by atoms with van der Waals surface area (Å²) in [5.41, 5.74) is 0.0669. The summed E-state index contributed by atoms with van der Waals surface area (Å²) in [5.74, 6) is -4.93. The van der Waals surface area contributed by atoms with Gasteiger partial charge in [0, 0.05) is 12.1 Å². The molecule has 0 bridgehead atoms. The van der Waals surface area contributed by atoms with E-state index in [0.717, 1.165) is 12.1 Å². The molecule has 11 atom stereocenters. The normalized spacial score (nSPS) is 34.2. The predicted molar refractivity (Wildman–Crippen MR) is 143 cm³/mol. The van der Waals surface area contributed by atoms with E-state index in [1.165, 1.54) is 25.3 Å². The van der Waals surface area contributed by atoms with Gasteiger partial charge in [-0.2, -0.15) is 0 Å². The van der Waals surface area contributed by atoms with E-state index in [2.05, 4.69) is 0 Å². The highest BCUT2D eigenvalue weighted by atomic mass is 16.7. The number of ether oxygens (including phenoxy) is 6. The number of aliphatic carboxylic acids is 2. The largest absolute Gasteiger partial charge is 0.507 e. The molecule has 0 aromatic heterocycles. The minimum absolute atomic E-state index is 0.0703. The number of carbonyl (C=O) groups excluding carboxylic acids is 1. The van der Waals surface area contributed by atoms with Gasteiger partial charge >= 0.3 is 11.9 Å². The van der Waals surface area contributed by atoms with E-state index in [-0.39, 0.29) is 40.5 Å². The SMILES string of the molecule is COc1ccc(C2CC(=O)c3c(O)cc(O[C@@H]4O[C@H](C(=O)O)[C@@H](O)[C@H](O)[C@H]4O)cc3O2)cc1O[C@@H]1O[C@H](C(=O)O)[C@@H](O)[C@H](O)[C@H]1O. The number of hydrogen-bond donors (Lipinski definition) is 9. The number of phenolic OH excluding ortho intramolecular Hbond substituents is 1. The second kappa shape index (κ2) is 12.9. The van der Waals surface area contributed by atoms with E-state index in [9.17, 15) is 60.3 Å². The van der Waals surface area contributed by atoms with Gasteiger partial charge in [0.05, 0.1) is 13.5 Å². The first-order valence-corrected chi connectivity index (χ1v) is 13.6. The van der Waals surface area contributed by atoms with Gasteiger partial charge in [-0.05, 0) is 17.7 Å². The molecule has 3 heterocycles. The second-order valence-corrected chi connectivity index (χ2v) is 10.7. The fraction of sp³-hybridized carbons (Fsp3) is 0.464. The molecule has 2 aromatic carbocycles. The topological polar surface area (TPSA) is 289 Å². The van der Waals surface area contributed by atoms with Gasteiger partial charge in [-0.25, -0.2) is 9.59 Å². The molecule has 18 heteroatoms. The van der Waals surface area contributed by atoms with Gasteiger partial charge in [0.2, 0.25) is 12.6 Å². The first-order chi connectivity index (χ1) is 21.7. The van der Waals surface area contributed by atoms with Crippen molar-refractivity contribution in [2.75, 3.05) is 7.11 Å². The van der Waals surface area contributed by atoms with Crippen molar-refractivity contribution < 1.29 is 88.8 Å². The molecule has 0 saturated carbocycles. The van der Waals surface area contributed by atoms with E-state index in [1.54, 1.807) is 0 Å². The molecule has 0 radical (unpaired) electrons. The standard InChI is InChI=1S/C28H30O18/c1-41-12-3-2-8(4-14(12)44-28-22(36)18(32)20(34)24(46-28)26(39)40)13-7-11(30)16-10(29)5-9(6-15(16)43-13)42-27-21(35)17(31)19(33)23(45-27)25(37)38/h2-6,13,17-24,27-29,31-36H,7H2,1H3,(H,37,38)(H,39,40)/t13?,17-,18-,19-,20-,21+,22+,23-,24-,27+,28+/m0/s1. The van der Waals surface area contributed by atoms with Crippen LogP contribution in [0, 0.1) is 0 Å². The van der Waals surface area contributed by atoms with Crippen LogP contribution in [0.15, 0.2) is 30.3 Å². The lowest BCUT2D eigenvalue weighted by atomic mass is 9.95. The number of methoxy groups -OCH3 is 1. The van der Waals surface area contributed by atoms with Crippen molar-refractivity contribution in [1.82, 2.24) is 0 Å². The van der Waals surface area contributed by atoms with Crippen LogP contribution >= 0.6 is 0 Å². The predicted octanol–water partition coefficient (Wildman–Crippen LogP) is -2.35. The Hall–Kier alpha value is -4.27. The maximum Gasteiger partial charge on any atom is 0.335 e. The Morgan fingerprint density at radius 2 is 1.33 bits per heavy atom. The lowest BCUT2D eigenvalue weighted by Crippen LogP contribution is -2.61. The van der Waals surface area contributed by atoms with E-state index in [0.29, 0.717) is 0 Å². The molecule has 1 unspecified atom stereocenters. The second-order valence-electron chi connectivity index (χ2n) is 10.7. The zero-order valence-corrected chi connectivity index (χ0v) is 23.6. The number of hydrogen-bond acceptors (Lipinski definition) is 16. The van der Waals surface area contributed by atoms with Crippen LogP contribution in [-0.4, -0.2) is 132 Å². The van der Waals surface area contributed by atoms with Gasteiger partial charge in [-0.1, -0.05) is 6.07 Å². The average Bonchev–Trinajstić information content (AvgIpc) is 3.00. The lowest BCUT2D eigenvalue weighted by Gasteiger charge is -2.38. The number of aliphatic hydroxyl groups is 6. The third kappa shape index (κ3) is 6.11. The van der Waals surface area contributed by atoms with Crippen molar-refractivity contribution in [3.8, 4) is 28.7 Å². The van der Waals surface area contributed by atoms with Crippen molar-refractivity contribution >= 4 is 17.7 Å². The fourth-order valence-corrected chi connectivity index (χ4v) is 5.21. The van der Waals surface area contributed by atoms with E-state index in [4.69, 9.17) is 28.4 Å². The number of carboxylic acid groups (broad SMARTS) is 2. The van der Waals surface area contributed by atoms with E-state index >= 15 is 0 Å². The van der Waals surface area contributed by atoms with E-state index in [1.807, 2.05) is 0 Å². The molecule has 0 aliphatic carbocycles. The maximum atomic E-state index is 13.1. The lowest BCUT2D eigenvalue weighted by molar-refractivity contribution is -0.271. The molecule has 2 saturated heterocycles. The number of phenols is 1. The molecule has 2 fully saturated rings. The summed E-state index contributed by atoms with van der Waals surface area (Å²) < 4.78 is 32.6. The Labute approximate surface area is 258 Å². The number of carboxylic acids is 2. The summed E-state index contributed by atoms with van der Waals surface area (Å²) in [5, 5.41) is 89.9. The van der Waals surface area contributed by atoms with Crippen LogP contribution in [0.5, 0.6) is 28.7 Å². The monoisotopic (exact) mass is 654 g/mol. The summed E-state index contributed by atoms with van der Waals surface area (Å²) >= 11 is 0. The van der Waals surface area contributed by atoms with Crippen LogP contribution in [0.3, 0.4) is 0 Å². The molecular weight excluding hydrogens is 624 g/mol. The molecule has 0 amide bonds. The zero-order chi connectivity index (χ0) is 33.6. The summed E-state index contributed by atoms with van der Waals surface area (Å²) in [4.78, 5) is 36.0. The van der Waals surface area contributed by atoms with Crippen molar-refractivity contribution in [1.29, 1.82) is 0 Å². The number of rotatable bonds is 8. The molecule has 0 spiro atoms. The van der Waals surface area contributed by atoms with Crippen molar-refractivity contribution in [2.24, 2.45) is 0 Å². The van der Waals surface area contributed by atoms with Crippen molar-refractivity contribution in [2.45, 2.75) is 73.9 Å². The van der Waals surface area contributed by atoms with Gasteiger partial charge in [-0.3, -0.25) is 4.79 Å². The number of aromatic hydroxyl groups is 1. The number of carbonyl (C=O) groups is 3. The van der Waals surface area contributed by atoms with Gasteiger partial charge < -0.3 is 74.4 Å². The third-order valence-corrected chi connectivity index (χ3v) is 7.65. The van der Waals surface area contributed by atoms with Crippen molar-refractivity contribution in [3.63, 3.8) is 0 Å². The van der Waals surface area contributed by atoms with Gasteiger partial charge in [0.25, 0.3) is 0 Å². The van der Waals surface area contributed by atoms with E-state index < -0.39 is 91.0 Å². The fourth-order valence-electron chi connectivity index (χ4n) is 5.21. The summed E-state index contributed by atoms with van der Waals surface area (Å²) in [6, 6.07) is 6.36. The van der Waals surface area contributed by atoms with Crippen LogP contribution in [0.25, 0.3) is 0 Å². The minimum atomic E-state index is -1.97. The van der Waals surface area contributed by atoms with Crippen LogP contribution in [0.2, 0.25) is 0 Å². The summed E-state index contributed by atoms with van der Waals surface area (Å²) in [6.07, 6.45) is -20.4. The van der Waals surface area contributed by atoms with Gasteiger partial charge in [-0.15, -0.1) is 0 Å². The van der Waals surface area contributed by atoms with Crippen LogP contribution < -0.4 is 18.9 Å².